The first-order chi connectivity index (χ1) is 17.7. The summed E-state index contributed by atoms with van der Waals surface area (Å²) in [5, 5.41) is 0. The van der Waals surface area contributed by atoms with E-state index in [2.05, 4.69) is 19.8 Å². The van der Waals surface area contributed by atoms with Crippen LogP contribution in [0.3, 0.4) is 0 Å². The third-order valence-corrected chi connectivity index (χ3v) is 6.86. The SMILES string of the molecule is Nc1ncc(-c2nc(N3CCOCC3)nc3c2CCN3c2cc(CN3CCOCC3)ccc2F)cn1. The number of nitrogens with zero attached hydrogens (tertiary/aromatic N) is 7. The highest BCUT2D eigenvalue weighted by Crippen LogP contribution is 2.40. The molecule has 0 spiro atoms. The third-order valence-electron chi connectivity index (χ3n) is 6.86. The van der Waals surface area contributed by atoms with Crippen LogP contribution in [0.25, 0.3) is 11.3 Å². The van der Waals surface area contributed by atoms with Crippen molar-refractivity contribution in [3.05, 3.63) is 47.5 Å². The Morgan fingerprint density at radius 2 is 1.64 bits per heavy atom. The molecule has 0 radical (unpaired) electrons. The standard InChI is InChI=1S/C25H29FN8O2/c26-20-2-1-17(16-32-5-9-35-10-6-32)13-21(20)34-4-3-19-22(18-14-28-24(27)29-15-18)30-25(31-23(19)34)33-7-11-36-12-8-33/h1-2,13-15H,3-12,16H2,(H2,27,28,29). The Morgan fingerprint density at radius 1 is 0.917 bits per heavy atom. The van der Waals surface area contributed by atoms with Crippen LogP contribution in [-0.2, 0) is 22.4 Å². The van der Waals surface area contributed by atoms with Crippen molar-refractivity contribution < 1.29 is 13.9 Å². The quantitative estimate of drug-likeness (QED) is 0.569. The van der Waals surface area contributed by atoms with E-state index in [0.29, 0.717) is 50.9 Å². The first-order valence-electron chi connectivity index (χ1n) is 12.3. The van der Waals surface area contributed by atoms with Crippen molar-refractivity contribution >= 4 is 23.4 Å². The van der Waals surface area contributed by atoms with Crippen molar-refractivity contribution in [1.82, 2.24) is 24.8 Å². The fraction of sp³-hybridized carbons (Fsp3) is 0.440. The summed E-state index contributed by atoms with van der Waals surface area (Å²) in [4.78, 5) is 24.6. The number of halogens is 1. The lowest BCUT2D eigenvalue weighted by Gasteiger charge is -2.29. The summed E-state index contributed by atoms with van der Waals surface area (Å²) < 4.78 is 26.2. The van der Waals surface area contributed by atoms with Crippen LogP contribution < -0.4 is 15.5 Å². The Hall–Kier alpha value is -3.41. The topological polar surface area (TPSA) is 106 Å². The maximum Gasteiger partial charge on any atom is 0.228 e. The number of aromatic nitrogens is 4. The maximum atomic E-state index is 15.2. The average Bonchev–Trinajstić information content (AvgIpc) is 3.35. The molecule has 10 nitrogen and oxygen atoms in total. The molecule has 188 valence electrons. The largest absolute Gasteiger partial charge is 0.379 e. The second kappa shape index (κ2) is 9.92. The number of nitrogen functional groups attached to an aromatic ring is 1. The van der Waals surface area contributed by atoms with Gasteiger partial charge in [-0.1, -0.05) is 6.07 Å². The van der Waals surface area contributed by atoms with Crippen LogP contribution >= 0.6 is 0 Å². The number of hydrogen-bond acceptors (Lipinski definition) is 10. The van der Waals surface area contributed by atoms with Crippen molar-refractivity contribution in [2.45, 2.75) is 13.0 Å². The molecule has 36 heavy (non-hydrogen) atoms. The summed E-state index contributed by atoms with van der Waals surface area (Å²) in [5.41, 5.74) is 9.80. The molecular formula is C25H29FN8O2. The highest BCUT2D eigenvalue weighted by molar-refractivity contribution is 5.77. The normalized spacial score (nSPS) is 18.5. The van der Waals surface area contributed by atoms with Crippen molar-refractivity contribution in [2.24, 2.45) is 0 Å². The van der Waals surface area contributed by atoms with E-state index in [1.54, 1.807) is 18.5 Å². The smallest absolute Gasteiger partial charge is 0.228 e. The highest BCUT2D eigenvalue weighted by Gasteiger charge is 2.31. The highest BCUT2D eigenvalue weighted by atomic mass is 19.1. The number of morpholine rings is 2. The van der Waals surface area contributed by atoms with Crippen molar-refractivity contribution in [3.8, 4) is 11.3 Å². The molecule has 5 heterocycles. The summed E-state index contributed by atoms with van der Waals surface area (Å²) in [6.45, 7) is 7.19. The van der Waals surface area contributed by atoms with E-state index >= 15 is 4.39 Å². The lowest BCUT2D eigenvalue weighted by atomic mass is 10.1. The first kappa shape index (κ1) is 23.0. The third kappa shape index (κ3) is 4.57. The minimum absolute atomic E-state index is 0.207. The molecule has 0 bridgehead atoms. The number of nitrogens with two attached hydrogens (primary N) is 1. The fourth-order valence-corrected chi connectivity index (χ4v) is 4.96. The zero-order valence-electron chi connectivity index (χ0n) is 20.1. The van der Waals surface area contributed by atoms with Gasteiger partial charge in [0.15, 0.2) is 0 Å². The maximum absolute atomic E-state index is 15.2. The van der Waals surface area contributed by atoms with Crippen LogP contribution in [0.2, 0.25) is 0 Å². The van der Waals surface area contributed by atoms with Gasteiger partial charge in [0.1, 0.15) is 11.6 Å². The van der Waals surface area contributed by atoms with Gasteiger partial charge in [-0.25, -0.2) is 19.3 Å². The van der Waals surface area contributed by atoms with Crippen LogP contribution in [0, 0.1) is 5.82 Å². The van der Waals surface area contributed by atoms with Crippen molar-refractivity contribution in [3.63, 3.8) is 0 Å². The molecule has 3 aliphatic rings. The molecule has 0 amide bonds. The Kier molecular flexibility index (Phi) is 6.34. The molecule has 3 aromatic rings. The van der Waals surface area contributed by atoms with E-state index in [1.165, 1.54) is 0 Å². The van der Waals surface area contributed by atoms with Gasteiger partial charge in [0.25, 0.3) is 0 Å². The van der Waals surface area contributed by atoms with E-state index in [4.69, 9.17) is 25.2 Å². The van der Waals surface area contributed by atoms with Gasteiger partial charge < -0.3 is 25.0 Å². The number of anilines is 4. The minimum Gasteiger partial charge on any atom is -0.379 e. The van der Waals surface area contributed by atoms with Gasteiger partial charge >= 0.3 is 0 Å². The Balaban J connectivity index is 1.39. The van der Waals surface area contributed by atoms with Gasteiger partial charge in [-0.15, -0.1) is 0 Å². The number of hydrogen-bond donors (Lipinski definition) is 1. The number of benzene rings is 1. The van der Waals surface area contributed by atoms with E-state index in [1.807, 2.05) is 17.0 Å². The van der Waals surface area contributed by atoms with Gasteiger partial charge in [-0.2, -0.15) is 4.98 Å². The average molecular weight is 493 g/mol. The Bertz CT molecular complexity index is 1230. The molecule has 0 unspecified atom stereocenters. The summed E-state index contributed by atoms with van der Waals surface area (Å²) in [6.07, 6.45) is 4.05. The molecule has 2 aromatic heterocycles. The molecule has 3 aliphatic heterocycles. The van der Waals surface area contributed by atoms with E-state index in [9.17, 15) is 0 Å². The fourth-order valence-electron chi connectivity index (χ4n) is 4.96. The summed E-state index contributed by atoms with van der Waals surface area (Å²) in [6, 6.07) is 5.37. The molecule has 0 atom stereocenters. The predicted molar refractivity (Wildman–Crippen MR) is 134 cm³/mol. The zero-order chi connectivity index (χ0) is 24.5. The summed E-state index contributed by atoms with van der Waals surface area (Å²) in [5.74, 6) is 1.26. The molecular weight excluding hydrogens is 463 g/mol. The predicted octanol–water partition coefficient (Wildman–Crippen LogP) is 2.02. The molecule has 6 rings (SSSR count). The van der Waals surface area contributed by atoms with Crippen molar-refractivity contribution in [1.29, 1.82) is 0 Å². The molecule has 2 N–H and O–H groups in total. The second-order valence-electron chi connectivity index (χ2n) is 9.18. The zero-order valence-corrected chi connectivity index (χ0v) is 20.1. The van der Waals surface area contributed by atoms with Crippen LogP contribution in [-0.4, -0.2) is 84.0 Å². The lowest BCUT2D eigenvalue weighted by Crippen LogP contribution is -2.37. The monoisotopic (exact) mass is 492 g/mol. The molecule has 2 saturated heterocycles. The van der Waals surface area contributed by atoms with Crippen LogP contribution in [0.1, 0.15) is 11.1 Å². The first-order valence-corrected chi connectivity index (χ1v) is 12.3. The molecule has 0 aliphatic carbocycles. The van der Waals surface area contributed by atoms with Gasteiger partial charge in [0, 0.05) is 62.8 Å². The molecule has 0 saturated carbocycles. The minimum atomic E-state index is -0.266. The van der Waals surface area contributed by atoms with Crippen LogP contribution in [0.5, 0.6) is 0 Å². The van der Waals surface area contributed by atoms with Crippen LogP contribution in [0.4, 0.5) is 27.8 Å². The van der Waals surface area contributed by atoms with Crippen LogP contribution in [0.15, 0.2) is 30.6 Å². The number of fused-ring (bicyclic) bond motifs is 1. The molecule has 11 heteroatoms. The Morgan fingerprint density at radius 3 is 2.39 bits per heavy atom. The lowest BCUT2D eigenvalue weighted by molar-refractivity contribution is 0.0342. The van der Waals surface area contributed by atoms with Gasteiger partial charge in [-0.3, -0.25) is 4.90 Å². The van der Waals surface area contributed by atoms with Crippen molar-refractivity contribution in [2.75, 3.05) is 74.7 Å². The number of rotatable bonds is 5. The van der Waals surface area contributed by atoms with E-state index in [0.717, 1.165) is 61.1 Å². The van der Waals surface area contributed by atoms with E-state index < -0.39 is 0 Å². The molecule has 2 fully saturated rings. The summed E-state index contributed by atoms with van der Waals surface area (Å²) >= 11 is 0. The summed E-state index contributed by atoms with van der Waals surface area (Å²) in [7, 11) is 0. The molecule has 1 aromatic carbocycles. The van der Waals surface area contributed by atoms with Gasteiger partial charge in [-0.05, 0) is 24.1 Å². The second-order valence-corrected chi connectivity index (χ2v) is 9.18. The van der Waals surface area contributed by atoms with Gasteiger partial charge in [0.2, 0.25) is 11.9 Å². The number of ether oxygens (including phenoxy) is 2. The van der Waals surface area contributed by atoms with Gasteiger partial charge in [0.05, 0.1) is 37.8 Å². The Labute approximate surface area is 208 Å². The van der Waals surface area contributed by atoms with E-state index in [-0.39, 0.29) is 11.8 Å².